The van der Waals surface area contributed by atoms with E-state index in [2.05, 4.69) is 148 Å². The van der Waals surface area contributed by atoms with Crippen LogP contribution in [0.2, 0.25) is 0 Å². The fourth-order valence-electron chi connectivity index (χ4n) is 9.03. The number of rotatable bonds is 4. The third-order valence-electron chi connectivity index (χ3n) is 12.8. The molecule has 3 aliphatic rings. The van der Waals surface area contributed by atoms with Crippen LogP contribution in [0.3, 0.4) is 0 Å². The van der Waals surface area contributed by atoms with Gasteiger partial charge in [0.1, 0.15) is 17.3 Å². The van der Waals surface area contributed by atoms with Crippen LogP contribution >= 0.6 is 0 Å². The molecule has 4 aromatic carbocycles. The van der Waals surface area contributed by atoms with Crippen molar-refractivity contribution in [2.75, 3.05) is 0 Å². The first kappa shape index (κ1) is 36.7. The molecule has 278 valence electrons. The zero-order valence-electron chi connectivity index (χ0n) is 33.5. The SMILES string of the molecule is Cc1cc2c3cc(C(C)(C)C)cc4c3n(c2[c-]c1Oc1[c-]c(C2=N[C@]3(C)Cc5c(ccc(C)c5C)[C@]3(C)O2)cc(C(C)C)c1)-c1ncccc1C4(C)C.[Pt+2]. The maximum absolute atomic E-state index is 6.91. The Morgan fingerprint density at radius 2 is 1.63 bits per heavy atom. The minimum absolute atomic E-state index is 0. The van der Waals surface area contributed by atoms with Crippen LogP contribution in [0.25, 0.3) is 27.6 Å². The number of fused-ring (bicyclic) bond motifs is 8. The Morgan fingerprint density at radius 3 is 2.35 bits per heavy atom. The first-order valence-corrected chi connectivity index (χ1v) is 19.1. The van der Waals surface area contributed by atoms with E-state index in [4.69, 9.17) is 19.5 Å². The molecule has 0 fully saturated rings. The zero-order valence-corrected chi connectivity index (χ0v) is 35.8. The second-order valence-electron chi connectivity index (χ2n) is 18.0. The van der Waals surface area contributed by atoms with Gasteiger partial charge in [0.25, 0.3) is 0 Å². The largest absolute Gasteiger partial charge is 2.00 e. The van der Waals surface area contributed by atoms with Gasteiger partial charge < -0.3 is 14.0 Å². The van der Waals surface area contributed by atoms with Crippen molar-refractivity contribution in [1.29, 1.82) is 0 Å². The number of pyridine rings is 1. The predicted octanol–water partition coefficient (Wildman–Crippen LogP) is 11.6. The van der Waals surface area contributed by atoms with Gasteiger partial charge in [-0.15, -0.1) is 28.6 Å². The van der Waals surface area contributed by atoms with Crippen molar-refractivity contribution in [2.45, 2.75) is 117 Å². The quantitative estimate of drug-likeness (QED) is 0.166. The molecule has 2 aromatic heterocycles. The van der Waals surface area contributed by atoms with Crippen molar-refractivity contribution in [3.8, 4) is 17.3 Å². The Kier molecular flexibility index (Phi) is 8.09. The van der Waals surface area contributed by atoms with E-state index in [0.29, 0.717) is 17.4 Å². The van der Waals surface area contributed by atoms with Gasteiger partial charge in [0.15, 0.2) is 0 Å². The fraction of sp³-hybridized carbons (Fsp3) is 0.375. The molecule has 0 spiro atoms. The van der Waals surface area contributed by atoms with E-state index in [1.54, 1.807) is 0 Å². The standard InChI is InChI=1S/C48H49N3O2.Pt/c1-26(2)30-19-31(44-50-47(11)25-36-29(5)27(3)15-16-37(36)48(47,12)53-44)21-33(20-30)52-41-24-40-34(18-28(41)4)35-22-32(45(6,7)8)23-39-42(35)51(40)43-38(46(39,9)10)14-13-17-49-43;/h13-20,22-23,26H,25H2,1-12H3;/q-2;+2/t47-,48+;/m1./s1. The van der Waals surface area contributed by atoms with E-state index >= 15 is 0 Å². The van der Waals surface area contributed by atoms with Crippen LogP contribution in [0.4, 0.5) is 0 Å². The second kappa shape index (κ2) is 11.9. The van der Waals surface area contributed by atoms with Gasteiger partial charge in [-0.3, -0.25) is 4.99 Å². The van der Waals surface area contributed by atoms with Gasteiger partial charge in [0, 0.05) is 46.2 Å². The number of aryl methyl sites for hydroxylation is 2. The molecule has 0 saturated carbocycles. The van der Waals surface area contributed by atoms with E-state index in [0.717, 1.165) is 39.8 Å². The number of aromatic nitrogens is 2. The molecule has 0 saturated heterocycles. The van der Waals surface area contributed by atoms with E-state index in [9.17, 15) is 0 Å². The van der Waals surface area contributed by atoms with Gasteiger partial charge in [0.05, 0.1) is 5.54 Å². The number of ether oxygens (including phenoxy) is 2. The molecule has 1 aliphatic carbocycles. The Hall–Kier alpha value is -4.21. The summed E-state index contributed by atoms with van der Waals surface area (Å²) in [5, 5.41) is 2.38. The van der Waals surface area contributed by atoms with E-state index in [1.165, 1.54) is 49.8 Å². The van der Waals surface area contributed by atoms with Crippen molar-refractivity contribution < 1.29 is 30.5 Å². The molecule has 6 aromatic rings. The first-order chi connectivity index (χ1) is 24.9. The van der Waals surface area contributed by atoms with E-state index in [1.807, 2.05) is 12.3 Å². The van der Waals surface area contributed by atoms with Gasteiger partial charge in [-0.05, 0) is 78.3 Å². The third kappa shape index (κ3) is 5.06. The van der Waals surface area contributed by atoms with Crippen molar-refractivity contribution in [3.63, 3.8) is 0 Å². The molecule has 2 aliphatic heterocycles. The number of nitrogens with zero attached hydrogens (tertiary/aromatic N) is 3. The molecule has 5 nitrogen and oxygen atoms in total. The Morgan fingerprint density at radius 1 is 0.870 bits per heavy atom. The predicted molar refractivity (Wildman–Crippen MR) is 215 cm³/mol. The Labute approximate surface area is 334 Å². The normalized spacial score (nSPS) is 20.7. The van der Waals surface area contributed by atoms with Crippen LogP contribution in [-0.4, -0.2) is 21.0 Å². The topological polar surface area (TPSA) is 48.6 Å². The smallest absolute Gasteiger partial charge is 0.508 e. The minimum Gasteiger partial charge on any atom is -0.508 e. The van der Waals surface area contributed by atoms with Crippen molar-refractivity contribution in [1.82, 2.24) is 9.55 Å². The van der Waals surface area contributed by atoms with Crippen LogP contribution in [0.15, 0.2) is 65.8 Å². The van der Waals surface area contributed by atoms with Crippen LogP contribution in [0.1, 0.15) is 124 Å². The number of aliphatic imine (C=N–C) groups is 1. The summed E-state index contributed by atoms with van der Waals surface area (Å²) in [6.07, 6.45) is 2.74. The first-order valence-electron chi connectivity index (χ1n) is 19.1. The summed E-state index contributed by atoms with van der Waals surface area (Å²) in [7, 11) is 0. The molecule has 54 heavy (non-hydrogen) atoms. The van der Waals surface area contributed by atoms with E-state index < -0.39 is 11.1 Å². The number of hydrogen-bond donors (Lipinski definition) is 0. The maximum Gasteiger partial charge on any atom is 2.00 e. The third-order valence-corrected chi connectivity index (χ3v) is 12.8. The fourth-order valence-corrected chi connectivity index (χ4v) is 9.03. The van der Waals surface area contributed by atoms with Crippen LogP contribution in [0, 0.1) is 32.9 Å². The van der Waals surface area contributed by atoms with Gasteiger partial charge in [-0.2, -0.15) is 6.07 Å². The van der Waals surface area contributed by atoms with Crippen LogP contribution < -0.4 is 4.74 Å². The summed E-state index contributed by atoms with van der Waals surface area (Å²) in [6, 6.07) is 27.4. The molecule has 0 N–H and O–H groups in total. The minimum atomic E-state index is -0.558. The summed E-state index contributed by atoms with van der Waals surface area (Å²) >= 11 is 0. The number of benzene rings is 4. The van der Waals surface area contributed by atoms with Crippen molar-refractivity contribution >= 4 is 27.7 Å². The summed E-state index contributed by atoms with van der Waals surface area (Å²) in [4.78, 5) is 10.3. The Bertz CT molecular complexity index is 2600. The van der Waals surface area contributed by atoms with Crippen molar-refractivity contribution in [3.05, 3.63) is 129 Å². The summed E-state index contributed by atoms with van der Waals surface area (Å²) in [6.45, 7) is 26.9. The molecule has 4 heterocycles. The summed E-state index contributed by atoms with van der Waals surface area (Å²) in [5.41, 5.74) is 13.0. The number of hydrogen-bond acceptors (Lipinski definition) is 4. The van der Waals surface area contributed by atoms with Gasteiger partial charge in [-0.25, -0.2) is 4.98 Å². The summed E-state index contributed by atoms with van der Waals surface area (Å²) in [5.74, 6) is 3.13. The molecule has 0 bridgehead atoms. The monoisotopic (exact) mass is 894 g/mol. The van der Waals surface area contributed by atoms with Crippen LogP contribution in [0.5, 0.6) is 11.5 Å². The average Bonchev–Trinajstić information content (AvgIpc) is 3.64. The molecule has 0 radical (unpaired) electrons. The van der Waals surface area contributed by atoms with Crippen molar-refractivity contribution in [2.24, 2.45) is 4.99 Å². The molecule has 0 amide bonds. The molecular formula is C48H49N3O2Pt. The molecule has 0 unspecified atom stereocenters. The van der Waals surface area contributed by atoms with E-state index in [-0.39, 0.29) is 37.8 Å². The molecule has 2 atom stereocenters. The Balaban J connectivity index is 0.00000413. The van der Waals surface area contributed by atoms with Gasteiger partial charge in [0.2, 0.25) is 0 Å². The van der Waals surface area contributed by atoms with Gasteiger partial charge >= 0.3 is 21.1 Å². The molecular weight excluding hydrogens is 846 g/mol. The van der Waals surface area contributed by atoms with Crippen LogP contribution in [-0.2, 0) is 48.7 Å². The summed E-state index contributed by atoms with van der Waals surface area (Å²) < 4.78 is 16.1. The maximum atomic E-state index is 6.91. The average molecular weight is 895 g/mol. The second-order valence-corrected chi connectivity index (χ2v) is 18.0. The van der Waals surface area contributed by atoms with Gasteiger partial charge in [-0.1, -0.05) is 109 Å². The molecule has 6 heteroatoms. The zero-order chi connectivity index (χ0) is 37.6. The molecule has 9 rings (SSSR count).